The Balaban J connectivity index is 1.79. The number of fused-ring (bicyclic) bond motifs is 3. The molecule has 8 heteroatoms. The van der Waals surface area contributed by atoms with E-state index >= 15 is 0 Å². The van der Waals surface area contributed by atoms with Crippen molar-refractivity contribution in [2.24, 2.45) is 4.99 Å². The van der Waals surface area contributed by atoms with Crippen molar-refractivity contribution in [3.8, 4) is 5.69 Å². The molecule has 3 aromatic rings. The van der Waals surface area contributed by atoms with Crippen LogP contribution in [0, 0.1) is 0 Å². The highest BCUT2D eigenvalue weighted by Gasteiger charge is 2.24. The summed E-state index contributed by atoms with van der Waals surface area (Å²) in [5.74, 6) is 0.542. The van der Waals surface area contributed by atoms with Gasteiger partial charge in [-0.15, -0.1) is 0 Å². The van der Waals surface area contributed by atoms with Gasteiger partial charge in [0.05, 0.1) is 11.4 Å². The summed E-state index contributed by atoms with van der Waals surface area (Å²) >= 11 is 6.16. The molecule has 0 saturated heterocycles. The molecule has 0 N–H and O–H groups in total. The molecule has 0 fully saturated rings. The fourth-order valence-corrected chi connectivity index (χ4v) is 3.26. The molecule has 0 radical (unpaired) electrons. The molecule has 2 aromatic heterocycles. The first-order valence-corrected chi connectivity index (χ1v) is 9.60. The van der Waals surface area contributed by atoms with Crippen LogP contribution in [0.4, 0.5) is 0 Å². The van der Waals surface area contributed by atoms with Crippen LogP contribution in [-0.2, 0) is 18.0 Å². The number of rotatable bonds is 6. The molecule has 0 spiro atoms. The third kappa shape index (κ3) is 3.50. The fourth-order valence-electron chi connectivity index (χ4n) is 3.11. The number of unbranched alkanes of at least 4 members (excludes halogenated alkanes) is 1. The largest absolute Gasteiger partial charge is 0.359 e. The predicted octanol–water partition coefficient (Wildman–Crippen LogP) is 3.21. The maximum absolute atomic E-state index is 13.0. The van der Waals surface area contributed by atoms with Crippen LogP contribution in [0.25, 0.3) is 5.69 Å². The van der Waals surface area contributed by atoms with Crippen LogP contribution in [0.2, 0.25) is 5.15 Å². The Bertz CT molecular complexity index is 1070. The molecule has 0 atom stereocenters. The summed E-state index contributed by atoms with van der Waals surface area (Å²) in [4.78, 5) is 22.2. The second kappa shape index (κ2) is 8.08. The van der Waals surface area contributed by atoms with Gasteiger partial charge in [-0.3, -0.25) is 4.99 Å². The maximum atomic E-state index is 13.0. The summed E-state index contributed by atoms with van der Waals surface area (Å²) in [6.07, 6.45) is 1.98. The molecule has 0 saturated carbocycles. The van der Waals surface area contributed by atoms with Crippen LogP contribution in [0.3, 0.4) is 0 Å². The number of aromatic nitrogens is 4. The molecule has 0 unspecified atom stereocenters. The smallest absolute Gasteiger partial charge is 0.352 e. The molecule has 4 rings (SSSR count). The van der Waals surface area contributed by atoms with Gasteiger partial charge in [0.15, 0.2) is 5.82 Å². The summed E-state index contributed by atoms with van der Waals surface area (Å²) in [5.41, 5.74) is 2.50. The average molecular weight is 398 g/mol. The van der Waals surface area contributed by atoms with Crippen LogP contribution >= 0.6 is 11.6 Å². The van der Waals surface area contributed by atoms with E-state index in [1.54, 1.807) is 16.7 Å². The van der Waals surface area contributed by atoms with Crippen molar-refractivity contribution in [3.05, 3.63) is 75.2 Å². The van der Waals surface area contributed by atoms with E-state index < -0.39 is 0 Å². The van der Waals surface area contributed by atoms with Gasteiger partial charge in [-0.2, -0.15) is 9.78 Å². The van der Waals surface area contributed by atoms with Crippen molar-refractivity contribution < 1.29 is 4.74 Å². The Hall–Kier alpha value is -2.77. The van der Waals surface area contributed by atoms with E-state index in [-0.39, 0.29) is 19.0 Å². The van der Waals surface area contributed by atoms with E-state index in [9.17, 15) is 4.79 Å². The first-order chi connectivity index (χ1) is 13.7. The Labute approximate surface area is 167 Å². The summed E-state index contributed by atoms with van der Waals surface area (Å²) in [5, 5.41) is 4.77. The van der Waals surface area contributed by atoms with Crippen LogP contribution in [0.5, 0.6) is 0 Å². The molecule has 1 aromatic carbocycles. The van der Waals surface area contributed by atoms with Gasteiger partial charge in [0.1, 0.15) is 24.1 Å². The van der Waals surface area contributed by atoms with Crippen LogP contribution < -0.4 is 5.69 Å². The van der Waals surface area contributed by atoms with E-state index in [0.29, 0.717) is 34.7 Å². The summed E-state index contributed by atoms with van der Waals surface area (Å²) in [7, 11) is 0. The number of halogens is 1. The van der Waals surface area contributed by atoms with Gasteiger partial charge in [-0.1, -0.05) is 55.3 Å². The van der Waals surface area contributed by atoms with Crippen molar-refractivity contribution in [3.63, 3.8) is 0 Å². The molecular weight excluding hydrogens is 378 g/mol. The zero-order chi connectivity index (χ0) is 19.5. The maximum Gasteiger partial charge on any atom is 0.352 e. The van der Waals surface area contributed by atoms with E-state index in [1.807, 2.05) is 30.3 Å². The molecule has 0 aliphatic carbocycles. The number of hydrogen-bond donors (Lipinski definition) is 0. The third-order valence-corrected chi connectivity index (χ3v) is 4.70. The molecule has 28 heavy (non-hydrogen) atoms. The van der Waals surface area contributed by atoms with Gasteiger partial charge in [0.25, 0.3) is 0 Å². The van der Waals surface area contributed by atoms with Crippen LogP contribution in [0.15, 0.2) is 52.3 Å². The third-order valence-electron chi connectivity index (χ3n) is 4.49. The van der Waals surface area contributed by atoms with E-state index in [2.05, 4.69) is 17.0 Å². The second-order valence-electron chi connectivity index (χ2n) is 6.46. The SMILES string of the molecule is CCCCOCn1nc2n(c1=O)-c1ccc(Cl)nc1C(c1ccccc1)=NC2. The molecule has 7 nitrogen and oxygen atoms in total. The Kier molecular flexibility index (Phi) is 5.36. The van der Waals surface area contributed by atoms with Crippen LogP contribution in [0.1, 0.15) is 36.8 Å². The van der Waals surface area contributed by atoms with Gasteiger partial charge in [-0.05, 0) is 18.6 Å². The minimum Gasteiger partial charge on any atom is -0.359 e. The molecular formula is C20H20ClN5O2. The Morgan fingerprint density at radius 3 is 2.79 bits per heavy atom. The number of aliphatic imine (C=N–C) groups is 1. The Morgan fingerprint density at radius 2 is 2.00 bits per heavy atom. The number of pyridine rings is 1. The lowest BCUT2D eigenvalue weighted by Crippen LogP contribution is -2.26. The van der Waals surface area contributed by atoms with Crippen molar-refractivity contribution in [2.45, 2.75) is 33.0 Å². The van der Waals surface area contributed by atoms with Crippen molar-refractivity contribution in [1.82, 2.24) is 19.3 Å². The summed E-state index contributed by atoms with van der Waals surface area (Å²) < 4.78 is 8.43. The van der Waals surface area contributed by atoms with Gasteiger partial charge >= 0.3 is 5.69 Å². The van der Waals surface area contributed by atoms with E-state index in [0.717, 1.165) is 18.4 Å². The zero-order valence-corrected chi connectivity index (χ0v) is 16.3. The van der Waals surface area contributed by atoms with E-state index in [1.165, 1.54) is 4.68 Å². The average Bonchev–Trinajstić information content (AvgIpc) is 2.92. The molecule has 144 valence electrons. The lowest BCUT2D eigenvalue weighted by Gasteiger charge is -2.10. The van der Waals surface area contributed by atoms with Gasteiger partial charge < -0.3 is 4.74 Å². The number of benzene rings is 1. The highest BCUT2D eigenvalue weighted by atomic mass is 35.5. The highest BCUT2D eigenvalue weighted by Crippen LogP contribution is 2.23. The lowest BCUT2D eigenvalue weighted by molar-refractivity contribution is 0.0640. The number of nitrogens with zero attached hydrogens (tertiary/aromatic N) is 5. The predicted molar refractivity (Wildman–Crippen MR) is 107 cm³/mol. The number of hydrogen-bond acceptors (Lipinski definition) is 5. The summed E-state index contributed by atoms with van der Waals surface area (Å²) in [6, 6.07) is 13.2. The minimum atomic E-state index is -0.276. The first kappa shape index (κ1) is 18.6. The molecule has 0 amide bonds. The van der Waals surface area contributed by atoms with Crippen molar-refractivity contribution >= 4 is 17.3 Å². The topological polar surface area (TPSA) is 74.3 Å². The van der Waals surface area contributed by atoms with Gasteiger partial charge in [-0.25, -0.2) is 14.3 Å². The minimum absolute atomic E-state index is 0.116. The molecule has 3 heterocycles. The van der Waals surface area contributed by atoms with E-state index in [4.69, 9.17) is 21.3 Å². The Morgan fingerprint density at radius 1 is 1.18 bits per heavy atom. The second-order valence-corrected chi connectivity index (χ2v) is 6.84. The zero-order valence-electron chi connectivity index (χ0n) is 15.5. The van der Waals surface area contributed by atoms with Crippen molar-refractivity contribution in [1.29, 1.82) is 0 Å². The monoisotopic (exact) mass is 397 g/mol. The highest BCUT2D eigenvalue weighted by molar-refractivity contribution is 6.29. The van der Waals surface area contributed by atoms with Crippen LogP contribution in [-0.4, -0.2) is 31.7 Å². The lowest BCUT2D eigenvalue weighted by atomic mass is 10.1. The first-order valence-electron chi connectivity index (χ1n) is 9.22. The van der Waals surface area contributed by atoms with Gasteiger partial charge in [0.2, 0.25) is 0 Å². The normalized spacial score (nSPS) is 12.9. The molecule has 1 aliphatic rings. The van der Waals surface area contributed by atoms with Gasteiger partial charge in [0, 0.05) is 12.2 Å². The van der Waals surface area contributed by atoms with Crippen molar-refractivity contribution in [2.75, 3.05) is 6.61 Å². The molecule has 0 bridgehead atoms. The quantitative estimate of drug-likeness (QED) is 0.473. The summed E-state index contributed by atoms with van der Waals surface area (Å²) in [6.45, 7) is 3.06. The standard InChI is InChI=1S/C20H20ClN5O2/c1-2-3-11-28-13-25-20(27)26-15-9-10-16(21)23-19(15)18(22-12-17(26)24-25)14-7-5-4-6-8-14/h4-10H,2-3,11-13H2,1H3. The molecule has 1 aliphatic heterocycles. The fraction of sp³-hybridized carbons (Fsp3) is 0.300. The number of ether oxygens (including phenoxy) is 1.